The zero-order valence-corrected chi connectivity index (χ0v) is 7.69. The smallest absolute Gasteiger partial charge is 0.333 e. The van der Waals surface area contributed by atoms with Crippen molar-refractivity contribution in [2.24, 2.45) is 0 Å². The van der Waals surface area contributed by atoms with E-state index in [1.807, 2.05) is 0 Å². The lowest BCUT2D eigenvalue weighted by Gasteiger charge is -1.94. The number of thiophene rings is 1. The van der Waals surface area contributed by atoms with Crippen molar-refractivity contribution in [3.8, 4) is 0 Å². The van der Waals surface area contributed by atoms with Crippen LogP contribution in [0.25, 0.3) is 0 Å². The zero-order valence-electron chi connectivity index (χ0n) is 6.87. The second kappa shape index (κ2) is 2.91. The number of anilines is 1. The maximum Gasteiger partial charge on any atom is 0.333 e. The highest BCUT2D eigenvalue weighted by molar-refractivity contribution is 7.19. The summed E-state index contributed by atoms with van der Waals surface area (Å²) in [5, 5.41) is 21.2. The highest BCUT2D eigenvalue weighted by Crippen LogP contribution is 2.43. The van der Waals surface area contributed by atoms with Crippen molar-refractivity contribution in [3.05, 3.63) is 26.3 Å². The molecule has 2 rings (SSSR count). The molecule has 2 heterocycles. The SMILES string of the molecule is O=[N+]([O-])c1cc([N+](=O)[O-])c(N2CC2)s1. The predicted octanol–water partition coefficient (Wildman–Crippen LogP) is 1.38. The van der Waals surface area contributed by atoms with Gasteiger partial charge in [-0.1, -0.05) is 0 Å². The van der Waals surface area contributed by atoms with Gasteiger partial charge in [-0.25, -0.2) is 0 Å². The van der Waals surface area contributed by atoms with Crippen LogP contribution in [0.4, 0.5) is 15.7 Å². The van der Waals surface area contributed by atoms with Crippen molar-refractivity contribution in [1.82, 2.24) is 0 Å². The molecule has 74 valence electrons. The van der Waals surface area contributed by atoms with Crippen LogP contribution in [0, 0.1) is 20.2 Å². The molecule has 1 aromatic rings. The van der Waals surface area contributed by atoms with Crippen LogP contribution in [-0.2, 0) is 0 Å². The van der Waals surface area contributed by atoms with E-state index < -0.39 is 9.85 Å². The van der Waals surface area contributed by atoms with Crippen molar-refractivity contribution in [1.29, 1.82) is 0 Å². The lowest BCUT2D eigenvalue weighted by molar-refractivity contribution is -0.389. The van der Waals surface area contributed by atoms with E-state index in [9.17, 15) is 20.2 Å². The third-order valence-electron chi connectivity index (χ3n) is 1.79. The highest BCUT2D eigenvalue weighted by atomic mass is 32.1. The van der Waals surface area contributed by atoms with E-state index in [1.165, 1.54) is 0 Å². The van der Waals surface area contributed by atoms with Crippen LogP contribution in [0.15, 0.2) is 6.07 Å². The molecule has 0 bridgehead atoms. The Hall–Kier alpha value is -1.70. The average Bonchev–Trinajstić information content (AvgIpc) is 2.83. The molecule has 0 radical (unpaired) electrons. The first-order chi connectivity index (χ1) is 6.59. The molecule has 1 aliphatic heterocycles. The molecule has 1 aromatic heterocycles. The maximum atomic E-state index is 10.6. The van der Waals surface area contributed by atoms with Gasteiger partial charge in [-0.3, -0.25) is 20.2 Å². The fourth-order valence-electron chi connectivity index (χ4n) is 1.06. The van der Waals surface area contributed by atoms with Crippen LogP contribution >= 0.6 is 11.3 Å². The molecule has 1 fully saturated rings. The van der Waals surface area contributed by atoms with Gasteiger partial charge in [-0.05, 0) is 11.3 Å². The first-order valence-corrected chi connectivity index (χ1v) is 4.59. The van der Waals surface area contributed by atoms with Gasteiger partial charge in [0.15, 0.2) is 5.00 Å². The minimum absolute atomic E-state index is 0.167. The van der Waals surface area contributed by atoms with E-state index in [1.54, 1.807) is 4.90 Å². The minimum atomic E-state index is -0.606. The second-order valence-corrected chi connectivity index (χ2v) is 3.79. The van der Waals surface area contributed by atoms with Crippen LogP contribution in [0.3, 0.4) is 0 Å². The zero-order chi connectivity index (χ0) is 10.3. The second-order valence-electron chi connectivity index (χ2n) is 2.78. The number of hydrogen-bond donors (Lipinski definition) is 0. The van der Waals surface area contributed by atoms with Gasteiger partial charge in [-0.15, -0.1) is 0 Å². The van der Waals surface area contributed by atoms with Crippen LogP contribution in [0.5, 0.6) is 0 Å². The Morgan fingerprint density at radius 3 is 2.36 bits per heavy atom. The molecular weight excluding hydrogens is 210 g/mol. The Balaban J connectivity index is 2.45. The molecule has 7 nitrogen and oxygen atoms in total. The van der Waals surface area contributed by atoms with E-state index in [2.05, 4.69) is 0 Å². The van der Waals surface area contributed by atoms with E-state index in [-0.39, 0.29) is 10.7 Å². The van der Waals surface area contributed by atoms with E-state index in [4.69, 9.17) is 0 Å². The van der Waals surface area contributed by atoms with Crippen molar-refractivity contribution >= 4 is 27.0 Å². The average molecular weight is 215 g/mol. The molecule has 0 aliphatic carbocycles. The lowest BCUT2D eigenvalue weighted by Crippen LogP contribution is -1.93. The normalized spacial score (nSPS) is 14.1. The summed E-state index contributed by atoms with van der Waals surface area (Å²) in [5.74, 6) is 0. The van der Waals surface area contributed by atoms with Crippen molar-refractivity contribution in [3.63, 3.8) is 0 Å². The van der Waals surface area contributed by atoms with Gasteiger partial charge in [0.1, 0.15) is 6.07 Å². The summed E-state index contributed by atoms with van der Waals surface area (Å²) in [6, 6.07) is 1.01. The Labute approximate surface area is 81.9 Å². The van der Waals surface area contributed by atoms with Crippen molar-refractivity contribution < 1.29 is 9.85 Å². The predicted molar refractivity (Wildman–Crippen MR) is 49.8 cm³/mol. The Morgan fingerprint density at radius 1 is 1.29 bits per heavy atom. The molecule has 1 aliphatic rings. The van der Waals surface area contributed by atoms with E-state index in [0.717, 1.165) is 30.5 Å². The van der Waals surface area contributed by atoms with Crippen LogP contribution in [0.1, 0.15) is 0 Å². The summed E-state index contributed by atoms with van der Waals surface area (Å²) < 4.78 is 0. The monoisotopic (exact) mass is 215 g/mol. The third-order valence-corrected chi connectivity index (χ3v) is 2.93. The molecule has 0 saturated carbocycles. The number of nitrogens with zero attached hydrogens (tertiary/aromatic N) is 3. The van der Waals surface area contributed by atoms with Gasteiger partial charge in [0.25, 0.3) is 0 Å². The number of hydrogen-bond acceptors (Lipinski definition) is 6. The summed E-state index contributed by atoms with van der Waals surface area (Å²) >= 11 is 0.852. The fraction of sp³-hybridized carbons (Fsp3) is 0.333. The maximum absolute atomic E-state index is 10.6. The van der Waals surface area contributed by atoms with Crippen molar-refractivity contribution in [2.75, 3.05) is 18.0 Å². The summed E-state index contributed by atoms with van der Waals surface area (Å²) in [6.45, 7) is 1.47. The van der Waals surface area contributed by atoms with Crippen LogP contribution in [-0.4, -0.2) is 22.9 Å². The third kappa shape index (κ3) is 1.39. The fourth-order valence-corrected chi connectivity index (χ4v) is 2.05. The van der Waals surface area contributed by atoms with Gasteiger partial charge < -0.3 is 4.90 Å². The Morgan fingerprint density at radius 2 is 1.93 bits per heavy atom. The quantitative estimate of drug-likeness (QED) is 0.431. The number of rotatable bonds is 3. The molecule has 0 amide bonds. The molecule has 0 unspecified atom stereocenters. The van der Waals surface area contributed by atoms with E-state index in [0.29, 0.717) is 5.00 Å². The molecule has 0 atom stereocenters. The van der Waals surface area contributed by atoms with Crippen molar-refractivity contribution in [2.45, 2.75) is 0 Å². The van der Waals surface area contributed by atoms with Crippen LogP contribution < -0.4 is 4.90 Å². The molecule has 0 spiro atoms. The van der Waals surface area contributed by atoms with Gasteiger partial charge >= 0.3 is 10.7 Å². The first-order valence-electron chi connectivity index (χ1n) is 3.77. The van der Waals surface area contributed by atoms with Gasteiger partial charge in [0.2, 0.25) is 0 Å². The topological polar surface area (TPSA) is 89.3 Å². The Bertz CT molecular complexity index is 411. The molecule has 0 aromatic carbocycles. The highest BCUT2D eigenvalue weighted by Gasteiger charge is 2.33. The molecular formula is C6H5N3O4S. The molecule has 14 heavy (non-hydrogen) atoms. The number of nitro groups is 2. The summed E-state index contributed by atoms with van der Waals surface area (Å²) in [5.41, 5.74) is -0.167. The van der Waals surface area contributed by atoms with Gasteiger partial charge in [-0.2, -0.15) is 0 Å². The molecule has 0 N–H and O–H groups in total. The standard InChI is InChI=1S/C6H5N3O4S/c10-8(11)4-3-5(9(12)13)14-6(4)7-1-2-7/h3H,1-2H2. The summed E-state index contributed by atoms with van der Waals surface area (Å²) in [4.78, 5) is 21.5. The first kappa shape index (κ1) is 8.88. The lowest BCUT2D eigenvalue weighted by atomic mass is 10.5. The van der Waals surface area contributed by atoms with Crippen LogP contribution in [0.2, 0.25) is 0 Å². The molecule has 1 saturated heterocycles. The minimum Gasteiger partial charge on any atom is -0.354 e. The summed E-state index contributed by atoms with van der Waals surface area (Å²) in [6.07, 6.45) is 0. The largest absolute Gasteiger partial charge is 0.354 e. The Kier molecular flexibility index (Phi) is 1.84. The van der Waals surface area contributed by atoms with E-state index >= 15 is 0 Å². The van der Waals surface area contributed by atoms with Gasteiger partial charge in [0.05, 0.1) is 9.85 Å². The van der Waals surface area contributed by atoms with Gasteiger partial charge in [0, 0.05) is 13.1 Å². The summed E-state index contributed by atoms with van der Waals surface area (Å²) in [7, 11) is 0. The molecule has 8 heteroatoms.